The van der Waals surface area contributed by atoms with Crippen molar-refractivity contribution in [1.82, 2.24) is 0 Å². The maximum atomic E-state index is 5.39. The van der Waals surface area contributed by atoms with Crippen LogP contribution in [0.3, 0.4) is 0 Å². The molecule has 0 spiro atoms. The van der Waals surface area contributed by atoms with Crippen LogP contribution in [0.2, 0.25) is 0 Å². The zero-order valence-corrected chi connectivity index (χ0v) is 5.69. The van der Waals surface area contributed by atoms with E-state index in [9.17, 15) is 0 Å². The Balaban J connectivity index is -0.000000213. The van der Waals surface area contributed by atoms with Crippen molar-refractivity contribution in [2.24, 2.45) is 0 Å². The molecule has 0 heterocycles. The van der Waals surface area contributed by atoms with Gasteiger partial charge < -0.3 is 11.5 Å². The Bertz CT molecular complexity index is 172. The van der Waals surface area contributed by atoms with E-state index in [0.29, 0.717) is 11.4 Å². The van der Waals surface area contributed by atoms with Gasteiger partial charge in [0, 0.05) is 0 Å². The molecule has 0 radical (unpaired) electrons. The molecule has 0 aliphatic heterocycles. The van der Waals surface area contributed by atoms with Gasteiger partial charge in [-0.1, -0.05) is 12.1 Å². The van der Waals surface area contributed by atoms with Crippen molar-refractivity contribution in [2.75, 3.05) is 11.5 Å². The molecule has 66 valence electrons. The van der Waals surface area contributed by atoms with Crippen molar-refractivity contribution in [1.29, 1.82) is 0 Å². The number of nitrogens with two attached hydrogens (primary N) is 2. The Morgan fingerprint density at radius 2 is 1.00 bits per heavy atom. The second-order valence-electron chi connectivity index (χ2n) is 1.63. The highest BCUT2D eigenvalue weighted by atomic mass is 19.0. The first-order valence-corrected chi connectivity index (χ1v) is 2.40. The van der Waals surface area contributed by atoms with Crippen LogP contribution >= 0.6 is 0 Å². The van der Waals surface area contributed by atoms with Crippen LogP contribution in [0.1, 0.15) is 0 Å². The van der Waals surface area contributed by atoms with Crippen molar-refractivity contribution in [3.63, 3.8) is 0 Å². The maximum Gasteiger partial charge on any atom is 0.0547 e. The topological polar surface area (TPSA) is 52.0 Å². The number of hydrogen-bond acceptors (Lipinski definition) is 2. The third kappa shape index (κ3) is 4.07. The molecule has 11 heavy (non-hydrogen) atoms. The van der Waals surface area contributed by atoms with Crippen LogP contribution in [0.25, 0.3) is 0 Å². The fraction of sp³-hybridized carbons (Fsp3) is 0. The molecule has 0 aliphatic rings. The average Bonchev–Trinajstić information content (AvgIpc) is 1.77. The van der Waals surface area contributed by atoms with Gasteiger partial charge >= 0.3 is 0 Å². The van der Waals surface area contributed by atoms with Crippen LogP contribution in [0.5, 0.6) is 0 Å². The lowest BCUT2D eigenvalue weighted by Gasteiger charge is -1.94. The SMILES string of the molecule is F.F.F.Nc1ccccc1N. The first kappa shape index (κ1) is 16.3. The van der Waals surface area contributed by atoms with Gasteiger partial charge in [-0.2, -0.15) is 0 Å². The standard InChI is InChI=1S/C6H8N2.3FH/c7-5-3-1-2-4-6(5)8;;;/h1-4H,7-8H2;3*1H. The number of para-hydroxylation sites is 2. The van der Waals surface area contributed by atoms with E-state index in [0.717, 1.165) is 0 Å². The zero-order valence-electron chi connectivity index (χ0n) is 5.69. The van der Waals surface area contributed by atoms with E-state index in [1.165, 1.54) is 0 Å². The Kier molecular flexibility index (Phi) is 9.97. The molecule has 0 saturated heterocycles. The molecule has 0 aromatic heterocycles. The summed E-state index contributed by atoms with van der Waals surface area (Å²) in [5, 5.41) is 0. The minimum Gasteiger partial charge on any atom is -0.397 e. The first-order chi connectivity index (χ1) is 3.80. The van der Waals surface area contributed by atoms with Crippen molar-refractivity contribution < 1.29 is 14.1 Å². The van der Waals surface area contributed by atoms with Crippen LogP contribution in [0, 0.1) is 0 Å². The molecule has 0 fully saturated rings. The van der Waals surface area contributed by atoms with Crippen LogP contribution in [0.15, 0.2) is 24.3 Å². The number of rotatable bonds is 0. The predicted molar refractivity (Wildman–Crippen MR) is 42.8 cm³/mol. The summed E-state index contributed by atoms with van der Waals surface area (Å²) in [5.74, 6) is 0. The molecular weight excluding hydrogens is 157 g/mol. The fourth-order valence-corrected chi connectivity index (χ4v) is 0.511. The molecule has 0 unspecified atom stereocenters. The third-order valence-corrected chi connectivity index (χ3v) is 0.996. The van der Waals surface area contributed by atoms with Gasteiger partial charge in [0.2, 0.25) is 0 Å². The molecule has 4 N–H and O–H groups in total. The third-order valence-electron chi connectivity index (χ3n) is 0.996. The molecule has 2 nitrogen and oxygen atoms in total. The van der Waals surface area contributed by atoms with Crippen molar-refractivity contribution >= 4 is 11.4 Å². The molecule has 0 saturated carbocycles. The van der Waals surface area contributed by atoms with Gasteiger partial charge in [0.05, 0.1) is 11.4 Å². The van der Waals surface area contributed by atoms with Gasteiger partial charge in [0.15, 0.2) is 0 Å². The van der Waals surface area contributed by atoms with Gasteiger partial charge in [-0.25, -0.2) is 0 Å². The Morgan fingerprint density at radius 1 is 0.727 bits per heavy atom. The Labute approximate surface area is 62.3 Å². The van der Waals surface area contributed by atoms with Crippen LogP contribution < -0.4 is 11.5 Å². The molecule has 0 amide bonds. The van der Waals surface area contributed by atoms with Crippen LogP contribution in [-0.4, -0.2) is 0 Å². The average molecular weight is 168 g/mol. The summed E-state index contributed by atoms with van der Waals surface area (Å²) in [5.41, 5.74) is 12.1. The summed E-state index contributed by atoms with van der Waals surface area (Å²) in [6, 6.07) is 7.25. The predicted octanol–water partition coefficient (Wildman–Crippen LogP) is 1.31. The molecular formula is C6H11F3N2. The monoisotopic (exact) mass is 168 g/mol. The number of hydrogen-bond donors (Lipinski definition) is 2. The van der Waals surface area contributed by atoms with Gasteiger partial charge in [-0.05, 0) is 12.1 Å². The van der Waals surface area contributed by atoms with E-state index in [1.54, 1.807) is 12.1 Å². The summed E-state index contributed by atoms with van der Waals surface area (Å²) in [7, 11) is 0. The van der Waals surface area contributed by atoms with Gasteiger partial charge in [-0.15, -0.1) is 0 Å². The largest absolute Gasteiger partial charge is 0.397 e. The molecule has 0 aliphatic carbocycles. The summed E-state index contributed by atoms with van der Waals surface area (Å²) in [6.07, 6.45) is 0. The molecule has 0 bridgehead atoms. The lowest BCUT2D eigenvalue weighted by molar-refractivity contribution is 1.11. The summed E-state index contributed by atoms with van der Waals surface area (Å²) in [4.78, 5) is 0. The number of halogens is 3. The van der Waals surface area contributed by atoms with Gasteiger partial charge in [-0.3, -0.25) is 14.1 Å². The molecule has 1 rings (SSSR count). The molecule has 1 aromatic carbocycles. The Morgan fingerprint density at radius 3 is 1.18 bits per heavy atom. The van der Waals surface area contributed by atoms with Gasteiger partial charge in [0.1, 0.15) is 0 Å². The van der Waals surface area contributed by atoms with E-state index in [-0.39, 0.29) is 14.1 Å². The van der Waals surface area contributed by atoms with Crippen LogP contribution in [-0.2, 0) is 0 Å². The van der Waals surface area contributed by atoms with Crippen molar-refractivity contribution in [3.05, 3.63) is 24.3 Å². The van der Waals surface area contributed by atoms with E-state index >= 15 is 0 Å². The molecule has 0 atom stereocenters. The second kappa shape index (κ2) is 6.73. The van der Waals surface area contributed by atoms with Crippen molar-refractivity contribution in [3.8, 4) is 0 Å². The van der Waals surface area contributed by atoms with Crippen LogP contribution in [0.4, 0.5) is 25.5 Å². The highest BCUT2D eigenvalue weighted by Gasteiger charge is 1.85. The minimum absolute atomic E-state index is 0. The summed E-state index contributed by atoms with van der Waals surface area (Å²) in [6.45, 7) is 0. The first-order valence-electron chi connectivity index (χ1n) is 2.40. The van der Waals surface area contributed by atoms with E-state index < -0.39 is 0 Å². The zero-order chi connectivity index (χ0) is 5.98. The quantitative estimate of drug-likeness (QED) is 0.574. The lowest BCUT2D eigenvalue weighted by Crippen LogP contribution is -1.91. The van der Waals surface area contributed by atoms with Crippen molar-refractivity contribution in [2.45, 2.75) is 0 Å². The maximum absolute atomic E-state index is 5.39. The molecule has 5 heteroatoms. The summed E-state index contributed by atoms with van der Waals surface area (Å²) < 4.78 is 0. The smallest absolute Gasteiger partial charge is 0.0547 e. The van der Waals surface area contributed by atoms with E-state index in [2.05, 4.69) is 0 Å². The van der Waals surface area contributed by atoms with Gasteiger partial charge in [0.25, 0.3) is 0 Å². The minimum atomic E-state index is 0. The number of anilines is 2. The number of benzene rings is 1. The highest BCUT2D eigenvalue weighted by Crippen LogP contribution is 2.10. The Hall–Kier alpha value is -1.39. The van der Waals surface area contributed by atoms with E-state index in [1.807, 2.05) is 12.1 Å². The number of nitrogen functional groups attached to an aromatic ring is 2. The highest BCUT2D eigenvalue weighted by molar-refractivity contribution is 5.62. The second-order valence-corrected chi connectivity index (χ2v) is 1.63. The molecule has 1 aromatic rings. The summed E-state index contributed by atoms with van der Waals surface area (Å²) >= 11 is 0. The normalized spacial score (nSPS) is 6.55. The lowest BCUT2D eigenvalue weighted by atomic mass is 10.3. The van der Waals surface area contributed by atoms with E-state index in [4.69, 9.17) is 11.5 Å². The fourth-order valence-electron chi connectivity index (χ4n) is 0.511.